The van der Waals surface area contributed by atoms with Crippen molar-refractivity contribution in [3.05, 3.63) is 133 Å². The number of amides is 1. The Balaban J connectivity index is 1.55. The van der Waals surface area contributed by atoms with Crippen molar-refractivity contribution >= 4 is 39.8 Å². The molecule has 1 aliphatic heterocycles. The van der Waals surface area contributed by atoms with Gasteiger partial charge in [0.1, 0.15) is 11.5 Å². The van der Waals surface area contributed by atoms with E-state index in [1.165, 1.54) is 11.3 Å². The van der Waals surface area contributed by atoms with Gasteiger partial charge >= 0.3 is 0 Å². The summed E-state index contributed by atoms with van der Waals surface area (Å²) in [6, 6.07) is 28.0. The second-order valence-electron chi connectivity index (χ2n) is 10.5. The molecule has 43 heavy (non-hydrogen) atoms. The lowest BCUT2D eigenvalue weighted by atomic mass is 9.95. The Labute approximate surface area is 253 Å². The normalized spacial score (nSPS) is 14.9. The van der Waals surface area contributed by atoms with E-state index in [1.807, 2.05) is 118 Å². The molecule has 2 heterocycles. The zero-order valence-electron chi connectivity index (χ0n) is 24.3. The van der Waals surface area contributed by atoms with Crippen LogP contribution in [0, 0.1) is 0 Å². The predicted molar refractivity (Wildman–Crippen MR) is 172 cm³/mol. The third-order valence-corrected chi connectivity index (χ3v) is 8.28. The maximum Gasteiger partial charge on any atom is 0.271 e. The molecule has 0 aliphatic carbocycles. The van der Waals surface area contributed by atoms with E-state index in [1.54, 1.807) is 11.7 Å². The van der Waals surface area contributed by atoms with E-state index in [0.717, 1.165) is 21.9 Å². The van der Waals surface area contributed by atoms with Crippen LogP contribution < -0.4 is 29.7 Å². The first kappa shape index (κ1) is 28.2. The van der Waals surface area contributed by atoms with Gasteiger partial charge in [-0.2, -0.15) is 0 Å². The minimum atomic E-state index is -0.688. The molecule has 1 aliphatic rings. The number of carbonyl (C=O) groups is 1. The number of hydrogen-bond donors (Lipinski definition) is 1. The number of benzene rings is 4. The molecule has 0 unspecified atom stereocenters. The van der Waals surface area contributed by atoms with Crippen LogP contribution in [0.15, 0.2) is 112 Å². The van der Waals surface area contributed by atoms with Gasteiger partial charge in [-0.1, -0.05) is 72.0 Å². The second kappa shape index (κ2) is 11.7. The largest absolute Gasteiger partial charge is 0.497 e. The van der Waals surface area contributed by atoms with Crippen molar-refractivity contribution in [3.63, 3.8) is 0 Å². The van der Waals surface area contributed by atoms with Crippen molar-refractivity contribution in [2.75, 3.05) is 12.4 Å². The van der Waals surface area contributed by atoms with Gasteiger partial charge in [-0.3, -0.25) is 14.2 Å². The van der Waals surface area contributed by atoms with Gasteiger partial charge in [0, 0.05) is 11.3 Å². The fraction of sp³-hybridized carbons (Fsp3) is 0.171. The standard InChI is InChI=1S/C35H31N3O4S/c1-21(2)42-29-19-16-23-10-8-9-13-27(23)28(29)20-30-34(40)38-32(24-14-17-26(41-4)18-15-24)31(22(3)36-35(38)43-30)33(39)37-25-11-6-5-7-12-25/h5-21,32H,1-4H3,(H,37,39)/b30-20+/t32-/m0/s1. The molecule has 0 bridgehead atoms. The van der Waals surface area contributed by atoms with Crippen molar-refractivity contribution in [2.24, 2.45) is 4.99 Å². The van der Waals surface area contributed by atoms with Crippen LogP contribution in [-0.4, -0.2) is 23.7 Å². The lowest BCUT2D eigenvalue weighted by molar-refractivity contribution is -0.113. The Kier molecular flexibility index (Phi) is 7.69. The zero-order valence-corrected chi connectivity index (χ0v) is 25.1. The Bertz CT molecular complexity index is 2040. The van der Waals surface area contributed by atoms with Gasteiger partial charge in [0.25, 0.3) is 11.5 Å². The highest BCUT2D eigenvalue weighted by Gasteiger charge is 2.32. The van der Waals surface area contributed by atoms with Gasteiger partial charge in [0.05, 0.1) is 35.1 Å². The molecule has 216 valence electrons. The van der Waals surface area contributed by atoms with E-state index in [4.69, 9.17) is 14.5 Å². The summed E-state index contributed by atoms with van der Waals surface area (Å²) in [5.41, 5.74) is 2.99. The quantitative estimate of drug-likeness (QED) is 0.259. The molecule has 0 saturated heterocycles. The second-order valence-corrected chi connectivity index (χ2v) is 11.5. The van der Waals surface area contributed by atoms with Gasteiger partial charge in [-0.05, 0) is 73.5 Å². The summed E-state index contributed by atoms with van der Waals surface area (Å²) in [6.45, 7) is 5.77. The Morgan fingerprint density at radius 1 is 0.977 bits per heavy atom. The molecule has 5 aromatic rings. The van der Waals surface area contributed by atoms with Crippen molar-refractivity contribution in [3.8, 4) is 11.5 Å². The topological polar surface area (TPSA) is 81.9 Å². The number of carbonyl (C=O) groups excluding carboxylic acids is 1. The zero-order chi connectivity index (χ0) is 30.1. The van der Waals surface area contributed by atoms with Crippen LogP contribution in [-0.2, 0) is 4.79 Å². The van der Waals surface area contributed by atoms with Gasteiger partial charge < -0.3 is 14.8 Å². The van der Waals surface area contributed by atoms with Gasteiger partial charge in [-0.25, -0.2) is 4.99 Å². The monoisotopic (exact) mass is 589 g/mol. The number of fused-ring (bicyclic) bond motifs is 2. The first-order valence-electron chi connectivity index (χ1n) is 14.1. The van der Waals surface area contributed by atoms with Crippen LogP contribution in [0.2, 0.25) is 0 Å². The van der Waals surface area contributed by atoms with Crippen LogP contribution in [0.5, 0.6) is 11.5 Å². The third-order valence-electron chi connectivity index (χ3n) is 7.30. The average molecular weight is 590 g/mol. The maximum absolute atomic E-state index is 14.3. The molecule has 6 rings (SSSR count). The van der Waals surface area contributed by atoms with Crippen molar-refractivity contribution < 1.29 is 14.3 Å². The molecule has 8 heteroatoms. The minimum Gasteiger partial charge on any atom is -0.497 e. The van der Waals surface area contributed by atoms with Crippen LogP contribution in [0.25, 0.3) is 16.8 Å². The molecule has 1 atom stereocenters. The van der Waals surface area contributed by atoms with Crippen LogP contribution in [0.1, 0.15) is 37.9 Å². The maximum atomic E-state index is 14.3. The summed E-state index contributed by atoms with van der Waals surface area (Å²) in [5, 5.41) is 5.02. The number of methoxy groups -OCH3 is 1. The summed E-state index contributed by atoms with van der Waals surface area (Å²) in [6.07, 6.45) is 1.84. The number of hydrogen-bond acceptors (Lipinski definition) is 6. The molecular weight excluding hydrogens is 558 g/mol. The number of nitrogens with zero attached hydrogens (tertiary/aromatic N) is 2. The van der Waals surface area contributed by atoms with Gasteiger partial charge in [-0.15, -0.1) is 0 Å². The lowest BCUT2D eigenvalue weighted by Crippen LogP contribution is -2.40. The first-order chi connectivity index (χ1) is 20.8. The van der Waals surface area contributed by atoms with Crippen molar-refractivity contribution in [2.45, 2.75) is 32.9 Å². The van der Waals surface area contributed by atoms with E-state index < -0.39 is 6.04 Å². The fourth-order valence-corrected chi connectivity index (χ4v) is 6.37. The molecule has 0 spiro atoms. The highest BCUT2D eigenvalue weighted by Crippen LogP contribution is 2.33. The summed E-state index contributed by atoms with van der Waals surface area (Å²) in [7, 11) is 1.60. The summed E-state index contributed by atoms with van der Waals surface area (Å²) in [4.78, 5) is 33.4. The molecule has 0 fully saturated rings. The fourth-order valence-electron chi connectivity index (χ4n) is 5.35. The molecule has 0 saturated carbocycles. The number of nitrogens with one attached hydrogen (secondary N) is 1. The molecular formula is C35H31N3O4S. The van der Waals surface area contributed by atoms with E-state index in [-0.39, 0.29) is 17.6 Å². The molecule has 4 aromatic carbocycles. The van der Waals surface area contributed by atoms with E-state index >= 15 is 0 Å². The molecule has 1 aromatic heterocycles. The molecule has 1 amide bonds. The van der Waals surface area contributed by atoms with Crippen LogP contribution >= 0.6 is 11.3 Å². The lowest BCUT2D eigenvalue weighted by Gasteiger charge is -2.25. The minimum absolute atomic E-state index is 0.0436. The number of allylic oxidation sites excluding steroid dienone is 1. The van der Waals surface area contributed by atoms with E-state index in [2.05, 4.69) is 5.32 Å². The van der Waals surface area contributed by atoms with Gasteiger partial charge in [0.2, 0.25) is 0 Å². The van der Waals surface area contributed by atoms with E-state index in [0.29, 0.717) is 37.8 Å². The number of thiazole rings is 1. The number of para-hydroxylation sites is 1. The van der Waals surface area contributed by atoms with Crippen molar-refractivity contribution in [1.82, 2.24) is 4.57 Å². The summed E-state index contributed by atoms with van der Waals surface area (Å²) >= 11 is 1.30. The Morgan fingerprint density at radius 3 is 2.42 bits per heavy atom. The van der Waals surface area contributed by atoms with Crippen LogP contribution in [0.4, 0.5) is 5.69 Å². The number of rotatable bonds is 7. The molecule has 7 nitrogen and oxygen atoms in total. The number of aromatic nitrogens is 1. The first-order valence-corrected chi connectivity index (χ1v) is 14.9. The van der Waals surface area contributed by atoms with E-state index in [9.17, 15) is 9.59 Å². The number of anilines is 1. The SMILES string of the molecule is COc1ccc([C@H]2C(C(=O)Nc3ccccc3)=C(C)N=c3s/c(=C/c4c(OC(C)C)ccc5ccccc45)c(=O)n32)cc1. The summed E-state index contributed by atoms with van der Waals surface area (Å²) < 4.78 is 13.7. The molecule has 1 N–H and O–H groups in total. The average Bonchev–Trinajstić information content (AvgIpc) is 3.31. The smallest absolute Gasteiger partial charge is 0.271 e. The molecule has 0 radical (unpaired) electrons. The van der Waals surface area contributed by atoms with Gasteiger partial charge in [0.15, 0.2) is 4.80 Å². The highest BCUT2D eigenvalue weighted by atomic mass is 32.1. The number of ether oxygens (including phenoxy) is 2. The predicted octanol–water partition coefficient (Wildman–Crippen LogP) is 5.82. The third kappa shape index (κ3) is 5.49. The Morgan fingerprint density at radius 2 is 1.70 bits per heavy atom. The highest BCUT2D eigenvalue weighted by molar-refractivity contribution is 7.07. The summed E-state index contributed by atoms with van der Waals surface area (Å²) in [5.74, 6) is 1.07. The van der Waals surface area contributed by atoms with Crippen molar-refractivity contribution in [1.29, 1.82) is 0 Å². The Hall–Kier alpha value is -4.95. The van der Waals surface area contributed by atoms with Crippen LogP contribution in [0.3, 0.4) is 0 Å².